The number of nitrogens with zero attached hydrogens (tertiary/aromatic N) is 2. The van der Waals surface area contributed by atoms with Crippen molar-refractivity contribution >= 4 is 5.91 Å². The minimum atomic E-state index is 0.0875. The summed E-state index contributed by atoms with van der Waals surface area (Å²) in [6.07, 6.45) is 1.48. The lowest BCUT2D eigenvalue weighted by Gasteiger charge is -2.07. The van der Waals surface area contributed by atoms with Crippen LogP contribution in [0.3, 0.4) is 0 Å². The van der Waals surface area contributed by atoms with Crippen molar-refractivity contribution in [2.45, 2.75) is 40.2 Å². The number of amides is 1. The van der Waals surface area contributed by atoms with E-state index >= 15 is 0 Å². The molecule has 5 nitrogen and oxygen atoms in total. The molecule has 1 N–H and O–H groups in total. The molecule has 0 saturated heterocycles. The van der Waals surface area contributed by atoms with Gasteiger partial charge in [-0.15, -0.1) is 0 Å². The molecule has 0 aliphatic rings. The Morgan fingerprint density at radius 1 is 1.38 bits per heavy atom. The summed E-state index contributed by atoms with van der Waals surface area (Å²) in [5.41, 5.74) is 1.91. The van der Waals surface area contributed by atoms with Crippen LogP contribution in [-0.2, 0) is 11.3 Å². The number of carbonyl (C=O) groups excluding carboxylic acids is 1. The average molecular weight is 287 g/mol. The third-order valence-electron chi connectivity index (χ3n) is 3.15. The van der Waals surface area contributed by atoms with Gasteiger partial charge >= 0.3 is 0 Å². The standard InChI is InChI=1S/C16H21N3O2/c1-11(2)7-8-15(20)17-10-13-5-4-6-14(9-13)16-18-12(3)21-19-16/h4-6,9,11H,7-8,10H2,1-3H3,(H,17,20). The van der Waals surface area contributed by atoms with Crippen LogP contribution in [0.2, 0.25) is 0 Å². The van der Waals surface area contributed by atoms with Crippen molar-refractivity contribution in [2.75, 3.05) is 0 Å². The first-order chi connectivity index (χ1) is 10.0. The lowest BCUT2D eigenvalue weighted by atomic mass is 10.1. The molecule has 1 aromatic carbocycles. The van der Waals surface area contributed by atoms with E-state index < -0.39 is 0 Å². The highest BCUT2D eigenvalue weighted by molar-refractivity contribution is 5.75. The second kappa shape index (κ2) is 7.02. The first kappa shape index (κ1) is 15.2. The van der Waals surface area contributed by atoms with Gasteiger partial charge in [0.15, 0.2) is 0 Å². The van der Waals surface area contributed by atoms with Crippen molar-refractivity contribution in [1.29, 1.82) is 0 Å². The fraction of sp³-hybridized carbons (Fsp3) is 0.438. The van der Waals surface area contributed by atoms with Gasteiger partial charge in [0.1, 0.15) is 0 Å². The zero-order valence-electron chi connectivity index (χ0n) is 12.7. The number of carbonyl (C=O) groups is 1. The Bertz CT molecular complexity index is 605. The van der Waals surface area contributed by atoms with Crippen molar-refractivity contribution in [1.82, 2.24) is 15.5 Å². The zero-order valence-corrected chi connectivity index (χ0v) is 12.7. The van der Waals surface area contributed by atoms with E-state index in [2.05, 4.69) is 29.3 Å². The zero-order chi connectivity index (χ0) is 15.2. The van der Waals surface area contributed by atoms with Crippen molar-refractivity contribution in [3.05, 3.63) is 35.7 Å². The summed E-state index contributed by atoms with van der Waals surface area (Å²) in [6, 6.07) is 7.79. The first-order valence-corrected chi connectivity index (χ1v) is 7.21. The number of hydrogen-bond donors (Lipinski definition) is 1. The summed E-state index contributed by atoms with van der Waals surface area (Å²) in [7, 11) is 0. The summed E-state index contributed by atoms with van der Waals surface area (Å²) in [5.74, 6) is 1.74. The number of benzene rings is 1. The fourth-order valence-electron chi connectivity index (χ4n) is 1.95. The smallest absolute Gasteiger partial charge is 0.223 e. The molecule has 1 aromatic heterocycles. The molecule has 0 atom stereocenters. The normalized spacial score (nSPS) is 10.9. The molecule has 0 fully saturated rings. The fourth-order valence-corrected chi connectivity index (χ4v) is 1.95. The van der Waals surface area contributed by atoms with E-state index in [-0.39, 0.29) is 5.91 Å². The Labute approximate surface area is 124 Å². The topological polar surface area (TPSA) is 68.0 Å². The largest absolute Gasteiger partial charge is 0.352 e. The van der Waals surface area contributed by atoms with Crippen LogP contribution in [0.5, 0.6) is 0 Å². The molecule has 0 bridgehead atoms. The summed E-state index contributed by atoms with van der Waals surface area (Å²) in [4.78, 5) is 15.9. The van der Waals surface area contributed by atoms with E-state index in [1.807, 2.05) is 24.3 Å². The Kier molecular flexibility index (Phi) is 5.09. The highest BCUT2D eigenvalue weighted by Crippen LogP contribution is 2.17. The molecule has 0 unspecified atom stereocenters. The highest BCUT2D eigenvalue weighted by Gasteiger charge is 2.07. The van der Waals surface area contributed by atoms with Crippen molar-refractivity contribution in [2.24, 2.45) is 5.92 Å². The number of aromatic nitrogens is 2. The van der Waals surface area contributed by atoms with Gasteiger partial charge in [-0.25, -0.2) is 0 Å². The van der Waals surface area contributed by atoms with E-state index in [4.69, 9.17) is 4.52 Å². The van der Waals surface area contributed by atoms with Crippen LogP contribution < -0.4 is 5.32 Å². The molecule has 0 saturated carbocycles. The van der Waals surface area contributed by atoms with E-state index in [1.54, 1.807) is 6.92 Å². The van der Waals surface area contributed by atoms with Gasteiger partial charge < -0.3 is 9.84 Å². The molecular weight excluding hydrogens is 266 g/mol. The maximum absolute atomic E-state index is 11.7. The Hall–Kier alpha value is -2.17. The molecule has 2 rings (SSSR count). The van der Waals surface area contributed by atoms with E-state index in [0.717, 1.165) is 17.5 Å². The van der Waals surface area contributed by atoms with Gasteiger partial charge in [0, 0.05) is 25.5 Å². The molecule has 112 valence electrons. The van der Waals surface area contributed by atoms with Crippen molar-refractivity contribution < 1.29 is 9.32 Å². The summed E-state index contributed by atoms with van der Waals surface area (Å²) >= 11 is 0. The molecule has 2 aromatic rings. The van der Waals surface area contributed by atoms with Crippen LogP contribution >= 0.6 is 0 Å². The predicted octanol–water partition coefficient (Wildman–Crippen LogP) is 3.10. The quantitative estimate of drug-likeness (QED) is 0.886. The Morgan fingerprint density at radius 2 is 2.19 bits per heavy atom. The van der Waals surface area contributed by atoms with Crippen LogP contribution in [0.15, 0.2) is 28.8 Å². The molecule has 5 heteroatoms. The van der Waals surface area contributed by atoms with E-state index in [9.17, 15) is 4.79 Å². The van der Waals surface area contributed by atoms with Gasteiger partial charge in [-0.3, -0.25) is 4.79 Å². The number of nitrogens with one attached hydrogen (secondary N) is 1. The monoisotopic (exact) mass is 287 g/mol. The summed E-state index contributed by atoms with van der Waals surface area (Å²) in [5, 5.41) is 6.83. The highest BCUT2D eigenvalue weighted by atomic mass is 16.5. The minimum Gasteiger partial charge on any atom is -0.352 e. The lowest BCUT2D eigenvalue weighted by molar-refractivity contribution is -0.121. The molecule has 1 amide bonds. The minimum absolute atomic E-state index is 0.0875. The molecule has 0 aliphatic heterocycles. The van der Waals surface area contributed by atoms with Gasteiger partial charge in [-0.1, -0.05) is 37.2 Å². The van der Waals surface area contributed by atoms with E-state index in [0.29, 0.717) is 30.6 Å². The van der Waals surface area contributed by atoms with Gasteiger partial charge in [0.25, 0.3) is 0 Å². The molecule has 0 spiro atoms. The molecule has 0 aliphatic carbocycles. The lowest BCUT2D eigenvalue weighted by Crippen LogP contribution is -2.22. The molecule has 0 radical (unpaired) electrons. The Balaban J connectivity index is 1.94. The van der Waals surface area contributed by atoms with Crippen LogP contribution in [0.25, 0.3) is 11.4 Å². The molecular formula is C16H21N3O2. The van der Waals surface area contributed by atoms with Gasteiger partial charge in [-0.05, 0) is 24.0 Å². The summed E-state index contributed by atoms with van der Waals surface area (Å²) in [6.45, 7) is 6.50. The van der Waals surface area contributed by atoms with Crippen molar-refractivity contribution in [3.8, 4) is 11.4 Å². The maximum Gasteiger partial charge on any atom is 0.223 e. The van der Waals surface area contributed by atoms with Crippen LogP contribution in [0, 0.1) is 12.8 Å². The number of hydrogen-bond acceptors (Lipinski definition) is 4. The molecule has 1 heterocycles. The second-order valence-corrected chi connectivity index (χ2v) is 5.55. The van der Waals surface area contributed by atoms with Gasteiger partial charge in [-0.2, -0.15) is 4.98 Å². The molecule has 21 heavy (non-hydrogen) atoms. The summed E-state index contributed by atoms with van der Waals surface area (Å²) < 4.78 is 4.98. The first-order valence-electron chi connectivity index (χ1n) is 7.21. The van der Waals surface area contributed by atoms with Crippen LogP contribution in [0.1, 0.15) is 38.1 Å². The second-order valence-electron chi connectivity index (χ2n) is 5.55. The third kappa shape index (κ3) is 4.70. The maximum atomic E-state index is 11.7. The number of rotatable bonds is 6. The third-order valence-corrected chi connectivity index (χ3v) is 3.15. The predicted molar refractivity (Wildman–Crippen MR) is 80.4 cm³/mol. The number of aryl methyl sites for hydroxylation is 1. The average Bonchev–Trinajstić information content (AvgIpc) is 2.90. The van der Waals surface area contributed by atoms with Gasteiger partial charge in [0.05, 0.1) is 0 Å². The SMILES string of the molecule is Cc1nc(-c2cccc(CNC(=O)CCC(C)C)c2)no1. The Morgan fingerprint density at radius 3 is 2.86 bits per heavy atom. The van der Waals surface area contributed by atoms with Crippen molar-refractivity contribution in [3.63, 3.8) is 0 Å². The van der Waals surface area contributed by atoms with Crippen LogP contribution in [-0.4, -0.2) is 16.0 Å². The van der Waals surface area contributed by atoms with Crippen LogP contribution in [0.4, 0.5) is 0 Å². The van der Waals surface area contributed by atoms with Gasteiger partial charge in [0.2, 0.25) is 17.6 Å². The van der Waals surface area contributed by atoms with E-state index in [1.165, 1.54) is 0 Å².